The summed E-state index contributed by atoms with van der Waals surface area (Å²) in [6.45, 7) is 4.10. The van der Waals surface area contributed by atoms with Crippen LogP contribution in [0.2, 0.25) is 0 Å². The first-order valence-electron chi connectivity index (χ1n) is 5.38. The van der Waals surface area contributed by atoms with Gasteiger partial charge < -0.3 is 10.6 Å². The number of hydrogen-bond donors (Lipinski definition) is 1. The molecule has 2 rings (SSSR count). The van der Waals surface area contributed by atoms with E-state index in [1.54, 1.807) is 11.8 Å². The van der Waals surface area contributed by atoms with Gasteiger partial charge in [-0.1, -0.05) is 12.1 Å². The molecule has 1 amide bonds. The maximum Gasteiger partial charge on any atom is 0.234 e. The summed E-state index contributed by atoms with van der Waals surface area (Å²) in [5.41, 5.74) is 7.57. The summed E-state index contributed by atoms with van der Waals surface area (Å²) < 4.78 is 0. The molecular formula is C12H16N2OS. The first-order valence-corrected chi connectivity index (χ1v) is 6.42. The summed E-state index contributed by atoms with van der Waals surface area (Å²) in [6, 6.07) is 8.01. The molecule has 0 aromatic heterocycles. The molecule has 0 spiro atoms. The van der Waals surface area contributed by atoms with E-state index in [4.69, 9.17) is 5.73 Å². The second kappa shape index (κ2) is 4.37. The second-order valence-corrected chi connectivity index (χ2v) is 5.29. The maximum atomic E-state index is 11.7. The minimum Gasteiger partial charge on any atom is -0.399 e. The van der Waals surface area contributed by atoms with Crippen molar-refractivity contribution in [2.45, 2.75) is 25.3 Å². The van der Waals surface area contributed by atoms with Crippen molar-refractivity contribution >= 4 is 23.4 Å². The van der Waals surface area contributed by atoms with Gasteiger partial charge in [0.05, 0.1) is 5.75 Å². The predicted molar refractivity (Wildman–Crippen MR) is 68.0 cm³/mol. The maximum absolute atomic E-state index is 11.7. The van der Waals surface area contributed by atoms with Gasteiger partial charge in [-0.25, -0.2) is 0 Å². The molecule has 1 saturated heterocycles. The Kier molecular flexibility index (Phi) is 3.10. The average molecular weight is 236 g/mol. The summed E-state index contributed by atoms with van der Waals surface area (Å²) in [7, 11) is 0. The number of thioether (sulfide) groups is 1. The number of carbonyl (C=O) groups excluding carboxylic acids is 1. The van der Waals surface area contributed by atoms with Crippen LogP contribution in [0.15, 0.2) is 24.3 Å². The molecule has 1 aliphatic rings. The Bertz CT molecular complexity index is 389. The number of rotatable bonds is 2. The van der Waals surface area contributed by atoms with Crippen LogP contribution in [0.4, 0.5) is 5.69 Å². The van der Waals surface area contributed by atoms with Crippen LogP contribution in [0.5, 0.6) is 0 Å². The Morgan fingerprint density at radius 3 is 2.56 bits per heavy atom. The summed E-state index contributed by atoms with van der Waals surface area (Å²) in [5, 5.41) is 0.146. The number of nitrogens with two attached hydrogens (primary N) is 1. The van der Waals surface area contributed by atoms with E-state index in [0.29, 0.717) is 5.75 Å². The van der Waals surface area contributed by atoms with E-state index in [-0.39, 0.29) is 17.3 Å². The number of amides is 1. The number of benzene rings is 1. The van der Waals surface area contributed by atoms with E-state index in [9.17, 15) is 4.79 Å². The van der Waals surface area contributed by atoms with E-state index in [2.05, 4.69) is 0 Å². The highest BCUT2D eigenvalue weighted by Gasteiger charge is 2.34. The van der Waals surface area contributed by atoms with Crippen LogP contribution < -0.4 is 5.73 Å². The lowest BCUT2D eigenvalue weighted by atomic mass is 10.1. The van der Waals surface area contributed by atoms with E-state index >= 15 is 0 Å². The lowest BCUT2D eigenvalue weighted by molar-refractivity contribution is -0.129. The van der Waals surface area contributed by atoms with Crippen molar-refractivity contribution in [3.8, 4) is 0 Å². The van der Waals surface area contributed by atoms with Crippen molar-refractivity contribution < 1.29 is 4.79 Å². The lowest BCUT2D eigenvalue weighted by Gasteiger charge is -2.28. The van der Waals surface area contributed by atoms with Gasteiger partial charge in [0.1, 0.15) is 5.37 Å². The van der Waals surface area contributed by atoms with Gasteiger partial charge in [0.2, 0.25) is 5.91 Å². The number of nitrogen functional groups attached to an aromatic ring is 1. The van der Waals surface area contributed by atoms with Gasteiger partial charge in [-0.2, -0.15) is 0 Å². The van der Waals surface area contributed by atoms with Crippen LogP contribution in [0.3, 0.4) is 0 Å². The molecular weight excluding hydrogens is 220 g/mol. The molecule has 4 heteroatoms. The summed E-state index contributed by atoms with van der Waals surface area (Å²) in [6.07, 6.45) is 0. The van der Waals surface area contributed by atoms with Crippen molar-refractivity contribution in [1.29, 1.82) is 0 Å². The third kappa shape index (κ3) is 2.02. The molecule has 3 nitrogen and oxygen atoms in total. The molecule has 1 aliphatic heterocycles. The van der Waals surface area contributed by atoms with Gasteiger partial charge in [0, 0.05) is 11.7 Å². The fourth-order valence-electron chi connectivity index (χ4n) is 1.91. The van der Waals surface area contributed by atoms with Gasteiger partial charge in [0.15, 0.2) is 0 Å². The highest BCUT2D eigenvalue weighted by Crippen LogP contribution is 2.39. The van der Waals surface area contributed by atoms with Crippen LogP contribution in [0.25, 0.3) is 0 Å². The summed E-state index contributed by atoms with van der Waals surface area (Å²) in [5.74, 6) is 0.801. The Morgan fingerprint density at radius 2 is 2.00 bits per heavy atom. The van der Waals surface area contributed by atoms with Gasteiger partial charge in [0.25, 0.3) is 0 Å². The molecule has 0 bridgehead atoms. The molecule has 1 atom stereocenters. The second-order valence-electron chi connectivity index (χ2n) is 4.22. The number of anilines is 1. The highest BCUT2D eigenvalue weighted by atomic mass is 32.2. The van der Waals surface area contributed by atoms with E-state index < -0.39 is 0 Å². The Hall–Kier alpha value is -1.16. The molecule has 1 aromatic carbocycles. The smallest absolute Gasteiger partial charge is 0.234 e. The zero-order chi connectivity index (χ0) is 11.7. The Labute approximate surface area is 100.0 Å². The first kappa shape index (κ1) is 11.3. The molecule has 16 heavy (non-hydrogen) atoms. The fraction of sp³-hybridized carbons (Fsp3) is 0.417. The first-order chi connectivity index (χ1) is 7.59. The monoisotopic (exact) mass is 236 g/mol. The molecule has 1 aromatic rings. The predicted octanol–water partition coefficient (Wildman–Crippen LogP) is 2.25. The van der Waals surface area contributed by atoms with Crippen molar-refractivity contribution in [2.24, 2.45) is 0 Å². The minimum absolute atomic E-state index is 0.146. The standard InChI is InChI=1S/C12H16N2OS/c1-8(2)14-11(15)7-16-12(14)9-3-5-10(13)6-4-9/h3-6,8,12H,7,13H2,1-2H3/t12-/m0/s1. The van der Waals surface area contributed by atoms with Gasteiger partial charge >= 0.3 is 0 Å². The van der Waals surface area contributed by atoms with Crippen molar-refractivity contribution in [3.05, 3.63) is 29.8 Å². The van der Waals surface area contributed by atoms with Crippen LogP contribution in [0.1, 0.15) is 24.8 Å². The van der Waals surface area contributed by atoms with E-state index in [1.165, 1.54) is 0 Å². The largest absolute Gasteiger partial charge is 0.399 e. The molecule has 0 aliphatic carbocycles. The number of carbonyl (C=O) groups is 1. The molecule has 0 unspecified atom stereocenters. The van der Waals surface area contributed by atoms with Crippen LogP contribution in [-0.4, -0.2) is 22.6 Å². The van der Waals surface area contributed by atoms with Crippen molar-refractivity contribution in [3.63, 3.8) is 0 Å². The molecule has 1 fully saturated rings. The Balaban J connectivity index is 2.26. The Morgan fingerprint density at radius 1 is 1.38 bits per heavy atom. The summed E-state index contributed by atoms with van der Waals surface area (Å²) >= 11 is 1.68. The van der Waals surface area contributed by atoms with Crippen molar-refractivity contribution in [1.82, 2.24) is 4.90 Å². The quantitative estimate of drug-likeness (QED) is 0.801. The molecule has 86 valence electrons. The van der Waals surface area contributed by atoms with Crippen LogP contribution in [0, 0.1) is 0 Å². The lowest BCUT2D eigenvalue weighted by Crippen LogP contribution is -2.34. The number of nitrogens with zero attached hydrogens (tertiary/aromatic N) is 1. The number of hydrogen-bond acceptors (Lipinski definition) is 3. The average Bonchev–Trinajstić information content (AvgIpc) is 2.61. The van der Waals surface area contributed by atoms with Gasteiger partial charge in [-0.05, 0) is 31.5 Å². The topological polar surface area (TPSA) is 46.3 Å². The summed E-state index contributed by atoms with van der Waals surface area (Å²) in [4.78, 5) is 13.7. The van der Waals surface area contributed by atoms with Gasteiger partial charge in [-0.3, -0.25) is 4.79 Å². The zero-order valence-corrected chi connectivity index (χ0v) is 10.3. The minimum atomic E-state index is 0.146. The molecule has 0 radical (unpaired) electrons. The molecule has 1 heterocycles. The van der Waals surface area contributed by atoms with Gasteiger partial charge in [-0.15, -0.1) is 11.8 Å². The highest BCUT2D eigenvalue weighted by molar-refractivity contribution is 8.00. The third-order valence-electron chi connectivity index (χ3n) is 2.68. The van der Waals surface area contributed by atoms with Crippen LogP contribution in [-0.2, 0) is 4.79 Å². The van der Waals surface area contributed by atoms with E-state index in [1.807, 2.05) is 43.0 Å². The SMILES string of the molecule is CC(C)N1C(=O)CS[C@H]1c1ccc(N)cc1. The molecule has 2 N–H and O–H groups in total. The van der Waals surface area contributed by atoms with Crippen molar-refractivity contribution in [2.75, 3.05) is 11.5 Å². The normalized spacial score (nSPS) is 20.8. The van der Waals surface area contributed by atoms with Crippen LogP contribution >= 0.6 is 11.8 Å². The molecule has 0 saturated carbocycles. The van der Waals surface area contributed by atoms with E-state index in [0.717, 1.165) is 11.3 Å². The third-order valence-corrected chi connectivity index (χ3v) is 3.91. The fourth-order valence-corrected chi connectivity index (χ4v) is 3.23. The zero-order valence-electron chi connectivity index (χ0n) is 9.51.